The van der Waals surface area contributed by atoms with E-state index in [-0.39, 0.29) is 0 Å². The molecule has 1 nitrogen and oxygen atoms in total. The Labute approximate surface area is 63.7 Å². The van der Waals surface area contributed by atoms with Crippen molar-refractivity contribution in [3.63, 3.8) is 0 Å². The number of thiazole rings is 1. The van der Waals surface area contributed by atoms with Gasteiger partial charge in [0.2, 0.25) is 0 Å². The summed E-state index contributed by atoms with van der Waals surface area (Å²) in [5, 5.41) is 0. The van der Waals surface area contributed by atoms with Crippen molar-refractivity contribution in [2.45, 2.75) is 20.3 Å². The minimum atomic E-state index is 0.657. The molecule has 1 rings (SSSR count). The maximum atomic E-state index is 5.65. The quantitative estimate of drug-likeness (QED) is 0.617. The Morgan fingerprint density at radius 2 is 2.33 bits per heavy atom. The third-order valence-corrected chi connectivity index (χ3v) is 2.59. The van der Waals surface area contributed by atoms with Crippen LogP contribution in [-0.2, 0) is 6.42 Å². The Bertz CT molecular complexity index is 207. The molecular weight excluding hydrogens is 154 g/mol. The maximum absolute atomic E-state index is 5.65. The van der Waals surface area contributed by atoms with Crippen LogP contribution in [0.25, 0.3) is 0 Å². The number of hydrogen-bond donors (Lipinski definition) is 0. The summed E-state index contributed by atoms with van der Waals surface area (Å²) in [6, 6.07) is 0. The molecule has 0 N–H and O–H groups in total. The molecule has 1 aromatic rings. The lowest BCUT2D eigenvalue weighted by Gasteiger charge is -1.85. The maximum Gasteiger partial charge on any atom is 0.184 e. The first-order chi connectivity index (χ1) is 4.24. The van der Waals surface area contributed by atoms with E-state index < -0.39 is 0 Å². The SMILES string of the molecule is CCc1sc(Cl)nc1C. The summed E-state index contributed by atoms with van der Waals surface area (Å²) >= 11 is 7.22. The van der Waals surface area contributed by atoms with Crippen LogP contribution in [0.2, 0.25) is 4.47 Å². The van der Waals surface area contributed by atoms with E-state index in [2.05, 4.69) is 11.9 Å². The highest BCUT2D eigenvalue weighted by molar-refractivity contribution is 7.15. The number of halogens is 1. The first-order valence-electron chi connectivity index (χ1n) is 2.86. The Morgan fingerprint density at radius 1 is 1.67 bits per heavy atom. The molecule has 0 aliphatic heterocycles. The average molecular weight is 162 g/mol. The Balaban J connectivity index is 3.01. The molecule has 0 saturated carbocycles. The second-order valence-electron chi connectivity index (χ2n) is 1.83. The highest BCUT2D eigenvalue weighted by Gasteiger charge is 2.01. The van der Waals surface area contributed by atoms with Crippen molar-refractivity contribution in [1.29, 1.82) is 0 Å². The molecule has 1 heterocycles. The van der Waals surface area contributed by atoms with Gasteiger partial charge >= 0.3 is 0 Å². The molecule has 0 radical (unpaired) electrons. The number of hydrogen-bond acceptors (Lipinski definition) is 2. The van der Waals surface area contributed by atoms with Crippen LogP contribution in [-0.4, -0.2) is 4.98 Å². The van der Waals surface area contributed by atoms with E-state index in [4.69, 9.17) is 11.6 Å². The number of nitrogens with zero attached hydrogens (tertiary/aromatic N) is 1. The van der Waals surface area contributed by atoms with E-state index in [1.165, 1.54) is 4.88 Å². The van der Waals surface area contributed by atoms with E-state index in [0.717, 1.165) is 12.1 Å². The van der Waals surface area contributed by atoms with Crippen LogP contribution in [0.1, 0.15) is 17.5 Å². The van der Waals surface area contributed by atoms with Gasteiger partial charge in [-0.25, -0.2) is 4.98 Å². The normalized spacial score (nSPS) is 10.1. The van der Waals surface area contributed by atoms with E-state index in [1.807, 2.05) is 6.92 Å². The third-order valence-electron chi connectivity index (χ3n) is 1.19. The fraction of sp³-hybridized carbons (Fsp3) is 0.500. The summed E-state index contributed by atoms with van der Waals surface area (Å²) in [7, 11) is 0. The van der Waals surface area contributed by atoms with Crippen molar-refractivity contribution in [3.8, 4) is 0 Å². The molecule has 0 saturated heterocycles. The molecular formula is C6H8ClNS. The van der Waals surface area contributed by atoms with Gasteiger partial charge in [-0.05, 0) is 13.3 Å². The first kappa shape index (κ1) is 7.03. The highest BCUT2D eigenvalue weighted by Crippen LogP contribution is 2.21. The average Bonchev–Trinajstić information content (AvgIpc) is 2.10. The smallest absolute Gasteiger partial charge is 0.184 e. The first-order valence-corrected chi connectivity index (χ1v) is 4.05. The van der Waals surface area contributed by atoms with E-state index in [0.29, 0.717) is 4.47 Å². The minimum Gasteiger partial charge on any atom is -0.230 e. The van der Waals surface area contributed by atoms with Crippen molar-refractivity contribution in [3.05, 3.63) is 15.0 Å². The van der Waals surface area contributed by atoms with Crippen molar-refractivity contribution in [1.82, 2.24) is 4.98 Å². The number of aromatic nitrogens is 1. The minimum absolute atomic E-state index is 0.657. The summed E-state index contributed by atoms with van der Waals surface area (Å²) < 4.78 is 0.657. The monoisotopic (exact) mass is 161 g/mol. The zero-order valence-electron chi connectivity index (χ0n) is 5.44. The van der Waals surface area contributed by atoms with Crippen LogP contribution in [0.4, 0.5) is 0 Å². The predicted molar refractivity (Wildman–Crippen MR) is 41.2 cm³/mol. The van der Waals surface area contributed by atoms with Gasteiger partial charge in [-0.2, -0.15) is 0 Å². The van der Waals surface area contributed by atoms with Gasteiger partial charge in [-0.15, -0.1) is 11.3 Å². The second-order valence-corrected chi connectivity index (χ2v) is 3.49. The van der Waals surface area contributed by atoms with Gasteiger partial charge in [0.05, 0.1) is 5.69 Å². The van der Waals surface area contributed by atoms with Crippen molar-refractivity contribution < 1.29 is 0 Å². The van der Waals surface area contributed by atoms with Crippen LogP contribution in [0.5, 0.6) is 0 Å². The standard InChI is InChI=1S/C6H8ClNS/c1-3-5-4(2)8-6(7)9-5/h3H2,1-2H3. The zero-order valence-corrected chi connectivity index (χ0v) is 7.01. The third kappa shape index (κ3) is 1.43. The lowest BCUT2D eigenvalue weighted by molar-refractivity contribution is 1.11. The molecule has 1 aromatic heterocycles. The van der Waals surface area contributed by atoms with Gasteiger partial charge < -0.3 is 0 Å². The lowest BCUT2D eigenvalue weighted by atomic mass is 10.3. The summed E-state index contributed by atoms with van der Waals surface area (Å²) in [6.45, 7) is 4.10. The Kier molecular flexibility index (Phi) is 2.09. The second kappa shape index (κ2) is 2.67. The van der Waals surface area contributed by atoms with E-state index in [9.17, 15) is 0 Å². The van der Waals surface area contributed by atoms with Gasteiger partial charge in [-0.3, -0.25) is 0 Å². The number of aryl methyl sites for hydroxylation is 2. The molecule has 3 heteroatoms. The Morgan fingerprint density at radius 3 is 2.56 bits per heavy atom. The van der Waals surface area contributed by atoms with Crippen molar-refractivity contribution in [2.75, 3.05) is 0 Å². The fourth-order valence-corrected chi connectivity index (χ4v) is 1.85. The largest absolute Gasteiger partial charge is 0.230 e. The molecule has 50 valence electrons. The van der Waals surface area contributed by atoms with Crippen molar-refractivity contribution in [2.24, 2.45) is 0 Å². The summed E-state index contributed by atoms with van der Waals surface area (Å²) in [5.74, 6) is 0. The van der Waals surface area contributed by atoms with Crippen LogP contribution in [0.3, 0.4) is 0 Å². The van der Waals surface area contributed by atoms with E-state index >= 15 is 0 Å². The number of rotatable bonds is 1. The molecule has 0 aromatic carbocycles. The zero-order chi connectivity index (χ0) is 6.85. The molecule has 0 spiro atoms. The molecule has 0 unspecified atom stereocenters. The summed E-state index contributed by atoms with van der Waals surface area (Å²) in [5.41, 5.74) is 1.08. The fourth-order valence-electron chi connectivity index (χ4n) is 0.721. The van der Waals surface area contributed by atoms with Gasteiger partial charge in [-0.1, -0.05) is 18.5 Å². The summed E-state index contributed by atoms with van der Waals surface area (Å²) in [6.07, 6.45) is 1.04. The summed E-state index contributed by atoms with van der Waals surface area (Å²) in [4.78, 5) is 5.36. The topological polar surface area (TPSA) is 12.9 Å². The van der Waals surface area contributed by atoms with Crippen LogP contribution in [0, 0.1) is 6.92 Å². The molecule has 0 atom stereocenters. The van der Waals surface area contributed by atoms with Crippen LogP contribution < -0.4 is 0 Å². The Hall–Kier alpha value is -0.0800. The molecule has 0 aliphatic carbocycles. The molecule has 9 heavy (non-hydrogen) atoms. The van der Waals surface area contributed by atoms with E-state index in [1.54, 1.807) is 11.3 Å². The van der Waals surface area contributed by atoms with Gasteiger partial charge in [0, 0.05) is 4.88 Å². The van der Waals surface area contributed by atoms with Gasteiger partial charge in [0.1, 0.15) is 0 Å². The molecule has 0 aliphatic rings. The van der Waals surface area contributed by atoms with Crippen molar-refractivity contribution >= 4 is 22.9 Å². The molecule has 0 amide bonds. The predicted octanol–water partition coefficient (Wildman–Crippen LogP) is 2.67. The lowest BCUT2D eigenvalue weighted by Crippen LogP contribution is -1.76. The van der Waals surface area contributed by atoms with Gasteiger partial charge in [0.15, 0.2) is 4.47 Å². The van der Waals surface area contributed by atoms with Gasteiger partial charge in [0.25, 0.3) is 0 Å². The molecule has 0 bridgehead atoms. The molecule has 0 fully saturated rings. The van der Waals surface area contributed by atoms with Crippen LogP contribution >= 0.6 is 22.9 Å². The highest BCUT2D eigenvalue weighted by atomic mass is 35.5. The van der Waals surface area contributed by atoms with Crippen LogP contribution in [0.15, 0.2) is 0 Å².